The lowest BCUT2D eigenvalue weighted by atomic mass is 10.1. The van der Waals surface area contributed by atoms with Crippen LogP contribution in [0.1, 0.15) is 18.5 Å². The number of amides is 2. The van der Waals surface area contributed by atoms with Crippen molar-refractivity contribution in [3.8, 4) is 5.69 Å². The van der Waals surface area contributed by atoms with Gasteiger partial charge in [-0.1, -0.05) is 23.7 Å². The van der Waals surface area contributed by atoms with E-state index in [1.807, 2.05) is 37.3 Å². The molecule has 0 bridgehead atoms. The van der Waals surface area contributed by atoms with Gasteiger partial charge in [0, 0.05) is 10.7 Å². The molecule has 0 unspecified atom stereocenters. The standard InChI is InChI=1S/C16H15ClN6O/c1-11(12-3-2-4-13(17)9-12)19-16(24)20-14-5-7-15(8-6-14)23-10-18-21-22-23/h2-11H,1H3,(H2,19,20,24)/t11-/m0/s1. The number of hydrogen-bond donors (Lipinski definition) is 2. The normalized spacial score (nSPS) is 11.8. The van der Waals surface area contributed by atoms with E-state index in [1.54, 1.807) is 18.2 Å². The molecule has 0 saturated heterocycles. The van der Waals surface area contributed by atoms with Gasteiger partial charge in [-0.15, -0.1) is 5.10 Å². The minimum atomic E-state index is -0.294. The first-order valence-electron chi connectivity index (χ1n) is 7.28. The summed E-state index contributed by atoms with van der Waals surface area (Å²) in [6.45, 7) is 1.89. The Bertz CT molecular complexity index is 819. The molecular formula is C16H15ClN6O. The average Bonchev–Trinajstić information content (AvgIpc) is 3.10. The minimum Gasteiger partial charge on any atom is -0.331 e. The van der Waals surface area contributed by atoms with Gasteiger partial charge in [0.15, 0.2) is 0 Å². The Morgan fingerprint density at radius 1 is 1.21 bits per heavy atom. The SMILES string of the molecule is C[C@H](NC(=O)Nc1ccc(-n2cnnn2)cc1)c1cccc(Cl)c1. The Hall–Kier alpha value is -2.93. The van der Waals surface area contributed by atoms with Gasteiger partial charge in [0.05, 0.1) is 11.7 Å². The molecule has 3 rings (SSSR count). The van der Waals surface area contributed by atoms with Crippen LogP contribution in [0.5, 0.6) is 0 Å². The molecule has 0 radical (unpaired) electrons. The smallest absolute Gasteiger partial charge is 0.319 e. The van der Waals surface area contributed by atoms with E-state index in [9.17, 15) is 4.79 Å². The molecule has 2 amide bonds. The lowest BCUT2D eigenvalue weighted by Crippen LogP contribution is -2.31. The Kier molecular flexibility index (Phi) is 4.72. The average molecular weight is 343 g/mol. The van der Waals surface area contributed by atoms with Gasteiger partial charge >= 0.3 is 6.03 Å². The third-order valence-corrected chi connectivity index (χ3v) is 3.67. The van der Waals surface area contributed by atoms with Crippen LogP contribution in [0, 0.1) is 0 Å². The van der Waals surface area contributed by atoms with Crippen molar-refractivity contribution in [3.63, 3.8) is 0 Å². The van der Waals surface area contributed by atoms with Crippen LogP contribution in [0.2, 0.25) is 5.02 Å². The van der Waals surface area contributed by atoms with Gasteiger partial charge in [-0.3, -0.25) is 0 Å². The molecule has 0 saturated carbocycles. The van der Waals surface area contributed by atoms with Gasteiger partial charge in [-0.2, -0.15) is 0 Å². The summed E-state index contributed by atoms with van der Waals surface area (Å²) in [6, 6.07) is 14.1. The van der Waals surface area contributed by atoms with E-state index in [2.05, 4.69) is 26.2 Å². The summed E-state index contributed by atoms with van der Waals surface area (Å²) in [5.74, 6) is 0. The maximum Gasteiger partial charge on any atom is 0.319 e. The first-order valence-corrected chi connectivity index (χ1v) is 7.66. The zero-order chi connectivity index (χ0) is 16.9. The molecule has 122 valence electrons. The highest BCUT2D eigenvalue weighted by Crippen LogP contribution is 2.18. The summed E-state index contributed by atoms with van der Waals surface area (Å²) >= 11 is 5.97. The third kappa shape index (κ3) is 3.88. The van der Waals surface area contributed by atoms with Gasteiger partial charge in [0.2, 0.25) is 0 Å². The number of urea groups is 1. The van der Waals surface area contributed by atoms with Crippen molar-refractivity contribution < 1.29 is 4.79 Å². The number of rotatable bonds is 4. The van der Waals surface area contributed by atoms with Crippen molar-refractivity contribution >= 4 is 23.3 Å². The molecule has 2 aromatic carbocycles. The van der Waals surface area contributed by atoms with Crippen LogP contribution in [-0.4, -0.2) is 26.2 Å². The molecule has 1 atom stereocenters. The van der Waals surface area contributed by atoms with Crippen molar-refractivity contribution in [2.45, 2.75) is 13.0 Å². The van der Waals surface area contributed by atoms with Crippen LogP contribution >= 0.6 is 11.6 Å². The molecule has 1 aromatic heterocycles. The van der Waals surface area contributed by atoms with Gasteiger partial charge in [-0.25, -0.2) is 9.48 Å². The molecule has 3 aromatic rings. The maximum absolute atomic E-state index is 12.1. The van der Waals surface area contributed by atoms with E-state index in [-0.39, 0.29) is 12.1 Å². The summed E-state index contributed by atoms with van der Waals surface area (Å²) in [7, 11) is 0. The van der Waals surface area contributed by atoms with E-state index in [0.717, 1.165) is 11.3 Å². The number of carbonyl (C=O) groups is 1. The molecule has 8 heteroatoms. The first kappa shape index (κ1) is 15.9. The largest absolute Gasteiger partial charge is 0.331 e. The highest BCUT2D eigenvalue weighted by atomic mass is 35.5. The number of anilines is 1. The second-order valence-corrected chi connectivity index (χ2v) is 5.61. The van der Waals surface area contributed by atoms with Gasteiger partial charge in [0.25, 0.3) is 0 Å². The zero-order valence-electron chi connectivity index (χ0n) is 12.8. The van der Waals surface area contributed by atoms with Crippen molar-refractivity contribution in [2.75, 3.05) is 5.32 Å². The molecule has 0 spiro atoms. The van der Waals surface area contributed by atoms with Crippen LogP contribution < -0.4 is 10.6 Å². The molecule has 0 aliphatic heterocycles. The van der Waals surface area contributed by atoms with Crippen LogP contribution in [0.3, 0.4) is 0 Å². The fraction of sp³-hybridized carbons (Fsp3) is 0.125. The predicted octanol–water partition coefficient (Wildman–Crippen LogP) is 3.20. The second-order valence-electron chi connectivity index (χ2n) is 5.18. The quantitative estimate of drug-likeness (QED) is 0.762. The van der Waals surface area contributed by atoms with E-state index >= 15 is 0 Å². The number of carbonyl (C=O) groups excluding carboxylic acids is 1. The van der Waals surface area contributed by atoms with Crippen LogP contribution in [0.15, 0.2) is 54.9 Å². The van der Waals surface area contributed by atoms with Gasteiger partial charge in [0.1, 0.15) is 6.33 Å². The fourth-order valence-corrected chi connectivity index (χ4v) is 2.40. The Morgan fingerprint density at radius 3 is 2.67 bits per heavy atom. The highest BCUT2D eigenvalue weighted by molar-refractivity contribution is 6.30. The van der Waals surface area contributed by atoms with E-state index in [0.29, 0.717) is 10.7 Å². The summed E-state index contributed by atoms with van der Waals surface area (Å²) in [6.07, 6.45) is 1.50. The summed E-state index contributed by atoms with van der Waals surface area (Å²) in [5, 5.41) is 17.3. The monoisotopic (exact) mass is 342 g/mol. The van der Waals surface area contributed by atoms with E-state index in [1.165, 1.54) is 11.0 Å². The van der Waals surface area contributed by atoms with Crippen LogP contribution in [0.25, 0.3) is 5.69 Å². The maximum atomic E-state index is 12.1. The third-order valence-electron chi connectivity index (χ3n) is 3.44. The Labute approximate surface area is 143 Å². The van der Waals surface area contributed by atoms with Crippen LogP contribution in [0.4, 0.5) is 10.5 Å². The molecular weight excluding hydrogens is 328 g/mol. The summed E-state index contributed by atoms with van der Waals surface area (Å²) in [4.78, 5) is 12.1. The molecule has 1 heterocycles. The highest BCUT2D eigenvalue weighted by Gasteiger charge is 2.10. The minimum absolute atomic E-state index is 0.163. The van der Waals surface area contributed by atoms with Crippen molar-refractivity contribution in [1.82, 2.24) is 25.5 Å². The summed E-state index contributed by atoms with van der Waals surface area (Å²) in [5.41, 5.74) is 2.41. The first-order chi connectivity index (χ1) is 11.6. The second kappa shape index (κ2) is 7.10. The number of halogens is 1. The Morgan fingerprint density at radius 2 is 2.00 bits per heavy atom. The molecule has 0 aliphatic carbocycles. The van der Waals surface area contributed by atoms with Gasteiger partial charge < -0.3 is 10.6 Å². The van der Waals surface area contributed by atoms with Crippen molar-refractivity contribution in [2.24, 2.45) is 0 Å². The number of nitrogens with one attached hydrogen (secondary N) is 2. The lowest BCUT2D eigenvalue weighted by molar-refractivity contribution is 0.249. The number of hydrogen-bond acceptors (Lipinski definition) is 4. The number of benzene rings is 2. The lowest BCUT2D eigenvalue weighted by Gasteiger charge is -2.15. The molecule has 7 nitrogen and oxygen atoms in total. The topological polar surface area (TPSA) is 84.7 Å². The molecule has 2 N–H and O–H groups in total. The Balaban J connectivity index is 1.60. The van der Waals surface area contributed by atoms with Crippen molar-refractivity contribution in [3.05, 3.63) is 65.4 Å². The fourth-order valence-electron chi connectivity index (χ4n) is 2.20. The van der Waals surface area contributed by atoms with E-state index in [4.69, 9.17) is 11.6 Å². The number of aromatic nitrogens is 4. The molecule has 0 fully saturated rings. The van der Waals surface area contributed by atoms with E-state index < -0.39 is 0 Å². The number of tetrazole rings is 1. The summed E-state index contributed by atoms with van der Waals surface area (Å²) < 4.78 is 1.53. The van der Waals surface area contributed by atoms with Crippen molar-refractivity contribution in [1.29, 1.82) is 0 Å². The predicted molar refractivity (Wildman–Crippen MR) is 91.2 cm³/mol. The molecule has 0 aliphatic rings. The molecule has 24 heavy (non-hydrogen) atoms. The zero-order valence-corrected chi connectivity index (χ0v) is 13.6. The number of nitrogens with zero attached hydrogens (tertiary/aromatic N) is 4. The van der Waals surface area contributed by atoms with Gasteiger partial charge in [-0.05, 0) is 59.3 Å². The van der Waals surface area contributed by atoms with Crippen LogP contribution in [-0.2, 0) is 0 Å².